The van der Waals surface area contributed by atoms with Crippen molar-refractivity contribution in [1.82, 2.24) is 4.98 Å². The van der Waals surface area contributed by atoms with Crippen molar-refractivity contribution in [2.75, 3.05) is 0 Å². The molecule has 0 amide bonds. The van der Waals surface area contributed by atoms with Gasteiger partial charge in [-0.1, -0.05) is 18.2 Å². The van der Waals surface area contributed by atoms with E-state index in [-0.39, 0.29) is 0 Å². The number of thiocarbonyl (C=S) groups is 1. The Kier molecular flexibility index (Phi) is 3.38. The van der Waals surface area contributed by atoms with E-state index < -0.39 is 0 Å². The second kappa shape index (κ2) is 4.55. The minimum atomic E-state index is 1.22. The topological polar surface area (TPSA) is 39.6 Å². The predicted octanol–water partition coefficient (Wildman–Crippen LogP) is 3.14. The van der Waals surface area contributed by atoms with Crippen molar-refractivity contribution in [2.45, 2.75) is 6.92 Å². The number of fused-ring (bicyclic) bond motifs is 1. The molecule has 0 aliphatic heterocycles. The smallest absolute Gasteiger partial charge is 0.0554 e. The molecule has 0 saturated carbocycles. The molecule has 13 heavy (non-hydrogen) atoms. The molecule has 2 rings (SSSR count). The zero-order valence-corrected chi connectivity index (χ0v) is 8.11. The van der Waals surface area contributed by atoms with Crippen molar-refractivity contribution < 1.29 is 0 Å². The van der Waals surface area contributed by atoms with Crippen LogP contribution in [0.25, 0.3) is 10.9 Å². The number of H-pyrrole nitrogens is 1. The second-order valence-corrected chi connectivity index (χ2v) is 2.82. The van der Waals surface area contributed by atoms with Crippen LogP contribution in [0.3, 0.4) is 0 Å². The molecule has 0 atom stereocenters. The Morgan fingerprint density at radius 1 is 1.38 bits per heavy atom. The Morgan fingerprint density at radius 2 is 2.00 bits per heavy atom. The molecule has 0 radical (unpaired) electrons. The molecular formula is C10H10N2S. The van der Waals surface area contributed by atoms with E-state index in [9.17, 15) is 0 Å². The first-order valence-corrected chi connectivity index (χ1v) is 4.27. The highest BCUT2D eigenvalue weighted by molar-refractivity contribution is 7.78. The quantitative estimate of drug-likeness (QED) is 0.486. The van der Waals surface area contributed by atoms with Crippen LogP contribution in [-0.4, -0.2) is 10.1 Å². The van der Waals surface area contributed by atoms with Crippen LogP contribution in [0.2, 0.25) is 0 Å². The molecule has 0 bridgehead atoms. The van der Waals surface area contributed by atoms with Crippen LogP contribution in [0.15, 0.2) is 30.5 Å². The van der Waals surface area contributed by atoms with Crippen molar-refractivity contribution in [2.24, 2.45) is 0 Å². The number of benzene rings is 1. The lowest BCUT2D eigenvalue weighted by Crippen LogP contribution is -1.64. The Labute approximate surface area is 82.1 Å². The second-order valence-electron chi connectivity index (χ2n) is 2.62. The van der Waals surface area contributed by atoms with E-state index in [1.54, 1.807) is 5.16 Å². The molecule has 66 valence electrons. The normalized spacial score (nSPS) is 8.69. The maximum Gasteiger partial charge on any atom is 0.0554 e. The van der Waals surface area contributed by atoms with E-state index in [4.69, 9.17) is 5.41 Å². The van der Waals surface area contributed by atoms with Crippen LogP contribution < -0.4 is 0 Å². The standard InChI is InChI=1S/C9H9N.CHNS/c1-7-6-10-9-5-3-2-4-8(7)9;2-1-3/h2-6,10H,1H3;2H. The monoisotopic (exact) mass is 190 g/mol. The van der Waals surface area contributed by atoms with Gasteiger partial charge in [0.2, 0.25) is 0 Å². The summed E-state index contributed by atoms with van der Waals surface area (Å²) in [6, 6.07) is 8.31. The molecule has 2 nitrogen and oxygen atoms in total. The van der Waals surface area contributed by atoms with Crippen molar-refractivity contribution in [1.29, 1.82) is 5.41 Å². The van der Waals surface area contributed by atoms with Crippen LogP contribution in [0.5, 0.6) is 0 Å². The highest BCUT2D eigenvalue weighted by Gasteiger charge is 1.94. The summed E-state index contributed by atoms with van der Waals surface area (Å²) in [6.45, 7) is 2.11. The maximum absolute atomic E-state index is 5.77. The molecule has 0 fully saturated rings. The van der Waals surface area contributed by atoms with Gasteiger partial charge in [0.25, 0.3) is 0 Å². The molecule has 0 aliphatic carbocycles. The number of para-hydroxylation sites is 1. The number of isothiocyanates is 1. The molecule has 2 N–H and O–H groups in total. The molecule has 0 unspecified atom stereocenters. The first kappa shape index (κ1) is 9.65. The number of aryl methyl sites for hydroxylation is 1. The lowest BCUT2D eigenvalue weighted by Gasteiger charge is -1.86. The third-order valence-electron chi connectivity index (χ3n) is 1.80. The van der Waals surface area contributed by atoms with Crippen LogP contribution in [0, 0.1) is 12.3 Å². The predicted molar refractivity (Wildman–Crippen MR) is 58.4 cm³/mol. The summed E-state index contributed by atoms with van der Waals surface area (Å²) in [6.07, 6.45) is 2.03. The van der Waals surface area contributed by atoms with Gasteiger partial charge in [-0.05, 0) is 30.8 Å². The lowest BCUT2D eigenvalue weighted by atomic mass is 10.2. The zero-order valence-electron chi connectivity index (χ0n) is 7.29. The summed E-state index contributed by atoms with van der Waals surface area (Å²) in [5.41, 5.74) is 2.54. The zero-order chi connectivity index (χ0) is 9.68. The Bertz CT molecular complexity index is 425. The minimum Gasteiger partial charge on any atom is -0.361 e. The summed E-state index contributed by atoms with van der Waals surface area (Å²) in [4.78, 5) is 3.19. The fourth-order valence-electron chi connectivity index (χ4n) is 1.22. The first-order valence-electron chi connectivity index (χ1n) is 3.86. The van der Waals surface area contributed by atoms with Crippen LogP contribution in [0.1, 0.15) is 5.56 Å². The molecule has 0 aliphatic rings. The number of hydrogen-bond acceptors (Lipinski definition) is 2. The number of hydrogen-bond donors (Lipinski definition) is 2. The van der Waals surface area contributed by atoms with Crippen molar-refractivity contribution >= 4 is 28.3 Å². The summed E-state index contributed by atoms with van der Waals surface area (Å²) in [7, 11) is 0. The number of rotatable bonds is 0. The van der Waals surface area contributed by atoms with Crippen molar-refractivity contribution in [3.8, 4) is 0 Å². The van der Waals surface area contributed by atoms with E-state index in [1.807, 2.05) is 12.3 Å². The lowest BCUT2D eigenvalue weighted by molar-refractivity contribution is 1.43. The van der Waals surface area contributed by atoms with Gasteiger partial charge in [0, 0.05) is 17.1 Å². The molecule has 2 aromatic rings. The summed E-state index contributed by atoms with van der Waals surface area (Å²) in [5.74, 6) is 0. The molecule has 1 aromatic carbocycles. The van der Waals surface area contributed by atoms with Gasteiger partial charge in [-0.3, -0.25) is 0 Å². The average molecular weight is 190 g/mol. The minimum absolute atomic E-state index is 1.22. The van der Waals surface area contributed by atoms with E-state index >= 15 is 0 Å². The third kappa shape index (κ3) is 2.25. The van der Waals surface area contributed by atoms with Crippen LogP contribution >= 0.6 is 12.2 Å². The van der Waals surface area contributed by atoms with Gasteiger partial charge in [0.15, 0.2) is 0 Å². The summed E-state index contributed by atoms with van der Waals surface area (Å²) < 4.78 is 0. The van der Waals surface area contributed by atoms with Crippen LogP contribution in [-0.2, 0) is 0 Å². The highest BCUT2D eigenvalue weighted by Crippen LogP contribution is 2.15. The van der Waals surface area contributed by atoms with Crippen LogP contribution in [0.4, 0.5) is 0 Å². The van der Waals surface area contributed by atoms with E-state index in [2.05, 4.69) is 42.3 Å². The summed E-state index contributed by atoms with van der Waals surface area (Å²) >= 11 is 3.81. The molecular weight excluding hydrogens is 180 g/mol. The SMILES string of the molecule is Cc1c[nH]c2ccccc12.N=C=S. The van der Waals surface area contributed by atoms with E-state index in [0.29, 0.717) is 0 Å². The Hall–Kier alpha value is -1.44. The molecule has 0 spiro atoms. The van der Waals surface area contributed by atoms with Crippen molar-refractivity contribution in [3.05, 3.63) is 36.0 Å². The molecule has 0 saturated heterocycles. The van der Waals surface area contributed by atoms with Gasteiger partial charge in [-0.2, -0.15) is 0 Å². The average Bonchev–Trinajstić information content (AvgIpc) is 2.50. The fraction of sp³-hybridized carbons (Fsp3) is 0.100. The van der Waals surface area contributed by atoms with Gasteiger partial charge in [0.1, 0.15) is 0 Å². The number of aromatic amines is 1. The van der Waals surface area contributed by atoms with Gasteiger partial charge in [-0.15, -0.1) is 0 Å². The first-order chi connectivity index (χ1) is 6.29. The Morgan fingerprint density at radius 3 is 2.62 bits per heavy atom. The van der Waals surface area contributed by atoms with Crippen molar-refractivity contribution in [3.63, 3.8) is 0 Å². The van der Waals surface area contributed by atoms with Gasteiger partial charge >= 0.3 is 0 Å². The molecule has 3 heteroatoms. The molecule has 1 aromatic heterocycles. The van der Waals surface area contributed by atoms with Gasteiger partial charge < -0.3 is 4.98 Å². The fourth-order valence-corrected chi connectivity index (χ4v) is 1.22. The van der Waals surface area contributed by atoms with E-state index in [0.717, 1.165) is 0 Å². The summed E-state index contributed by atoms with van der Waals surface area (Å²) in [5, 5.41) is 8.68. The number of nitrogens with one attached hydrogen (secondary N) is 2. The van der Waals surface area contributed by atoms with E-state index in [1.165, 1.54) is 16.5 Å². The highest BCUT2D eigenvalue weighted by atomic mass is 32.1. The number of aromatic nitrogens is 1. The third-order valence-corrected chi connectivity index (χ3v) is 1.80. The maximum atomic E-state index is 5.77. The Balaban J connectivity index is 0.000000251. The largest absolute Gasteiger partial charge is 0.361 e. The van der Waals surface area contributed by atoms with Gasteiger partial charge in [-0.25, -0.2) is 5.41 Å². The van der Waals surface area contributed by atoms with Gasteiger partial charge in [0.05, 0.1) is 5.16 Å². The molecule has 1 heterocycles.